The molecule has 0 aliphatic heterocycles. The van der Waals surface area contributed by atoms with Crippen LogP contribution in [-0.2, 0) is 6.42 Å². The topological polar surface area (TPSA) is 35.2 Å². The third-order valence-electron chi connectivity index (χ3n) is 3.09. The summed E-state index contributed by atoms with van der Waals surface area (Å²) in [6.07, 6.45) is 1.76. The van der Waals surface area contributed by atoms with Gasteiger partial charge in [-0.25, -0.2) is 0 Å². The minimum atomic E-state index is 0.151. The highest BCUT2D eigenvalue weighted by Gasteiger charge is 2.10. The molecule has 0 aliphatic rings. The monoisotopic (exact) mass is 397 g/mol. The van der Waals surface area contributed by atoms with Crippen molar-refractivity contribution in [3.8, 4) is 11.5 Å². The first-order valence-electron chi connectivity index (χ1n) is 6.56. The maximum atomic E-state index is 6.06. The molecule has 2 aromatic rings. The van der Waals surface area contributed by atoms with Crippen LogP contribution >= 0.6 is 31.9 Å². The fraction of sp³-hybridized carbons (Fsp3) is 0.250. The highest BCUT2D eigenvalue weighted by atomic mass is 79.9. The van der Waals surface area contributed by atoms with Crippen LogP contribution in [0.15, 0.2) is 51.4 Å². The van der Waals surface area contributed by atoms with Crippen LogP contribution in [-0.4, -0.2) is 6.04 Å². The standard InChI is InChI=1S/C16H17Br2NO/c1-2-13(19)9-11-7-8-12(17)10-16(11)20-15-6-4-3-5-14(15)18/h3-8,10,13H,2,9,19H2,1H3. The third kappa shape index (κ3) is 4.08. The lowest BCUT2D eigenvalue weighted by atomic mass is 10.0. The number of hydrogen-bond donors (Lipinski definition) is 1. The van der Waals surface area contributed by atoms with Crippen molar-refractivity contribution in [1.82, 2.24) is 0 Å². The SMILES string of the molecule is CCC(N)Cc1ccc(Br)cc1Oc1ccccc1Br. The van der Waals surface area contributed by atoms with Gasteiger partial charge in [0.15, 0.2) is 0 Å². The zero-order chi connectivity index (χ0) is 14.5. The molecular formula is C16H17Br2NO. The maximum absolute atomic E-state index is 6.06. The summed E-state index contributed by atoms with van der Waals surface area (Å²) in [7, 11) is 0. The van der Waals surface area contributed by atoms with Crippen LogP contribution in [0, 0.1) is 0 Å². The molecule has 2 rings (SSSR count). The normalized spacial score (nSPS) is 12.2. The lowest BCUT2D eigenvalue weighted by molar-refractivity contribution is 0.469. The van der Waals surface area contributed by atoms with Gasteiger partial charge in [-0.15, -0.1) is 0 Å². The number of ether oxygens (including phenoxy) is 1. The number of para-hydroxylation sites is 1. The van der Waals surface area contributed by atoms with Gasteiger partial charge in [-0.3, -0.25) is 0 Å². The third-order valence-corrected chi connectivity index (χ3v) is 4.24. The Hall–Kier alpha value is -0.840. The highest BCUT2D eigenvalue weighted by Crippen LogP contribution is 2.33. The van der Waals surface area contributed by atoms with Gasteiger partial charge in [0.05, 0.1) is 4.47 Å². The van der Waals surface area contributed by atoms with Gasteiger partial charge in [-0.1, -0.05) is 41.1 Å². The number of hydrogen-bond acceptors (Lipinski definition) is 2. The van der Waals surface area contributed by atoms with Crippen LogP contribution in [0.25, 0.3) is 0 Å². The highest BCUT2D eigenvalue weighted by molar-refractivity contribution is 9.10. The minimum Gasteiger partial charge on any atom is -0.456 e. The lowest BCUT2D eigenvalue weighted by Gasteiger charge is -2.15. The molecule has 1 unspecified atom stereocenters. The Balaban J connectivity index is 2.30. The lowest BCUT2D eigenvalue weighted by Crippen LogP contribution is -2.21. The van der Waals surface area contributed by atoms with Gasteiger partial charge in [-0.2, -0.15) is 0 Å². The Labute approximate surface area is 136 Å². The van der Waals surface area contributed by atoms with Crippen LogP contribution in [0.2, 0.25) is 0 Å². The molecule has 1 atom stereocenters. The molecule has 20 heavy (non-hydrogen) atoms. The van der Waals surface area contributed by atoms with Crippen LogP contribution < -0.4 is 10.5 Å². The van der Waals surface area contributed by atoms with Crippen molar-refractivity contribution < 1.29 is 4.74 Å². The summed E-state index contributed by atoms with van der Waals surface area (Å²) >= 11 is 6.99. The summed E-state index contributed by atoms with van der Waals surface area (Å²) in [4.78, 5) is 0. The molecule has 0 saturated carbocycles. The van der Waals surface area contributed by atoms with Crippen molar-refractivity contribution in [2.45, 2.75) is 25.8 Å². The molecule has 4 heteroatoms. The number of rotatable bonds is 5. The maximum Gasteiger partial charge on any atom is 0.141 e. The second-order valence-electron chi connectivity index (χ2n) is 4.66. The van der Waals surface area contributed by atoms with E-state index in [1.54, 1.807) is 0 Å². The zero-order valence-corrected chi connectivity index (χ0v) is 14.4. The van der Waals surface area contributed by atoms with Crippen LogP contribution in [0.4, 0.5) is 0 Å². The van der Waals surface area contributed by atoms with Gasteiger partial charge >= 0.3 is 0 Å². The van der Waals surface area contributed by atoms with E-state index < -0.39 is 0 Å². The van der Waals surface area contributed by atoms with E-state index in [1.165, 1.54) is 0 Å². The van der Waals surface area contributed by atoms with Crippen molar-refractivity contribution >= 4 is 31.9 Å². The summed E-state index contributed by atoms with van der Waals surface area (Å²) in [6, 6.07) is 14.0. The fourth-order valence-electron chi connectivity index (χ4n) is 1.86. The molecule has 106 valence electrons. The molecule has 0 fully saturated rings. The molecule has 0 radical (unpaired) electrons. The Bertz CT molecular complexity index is 586. The largest absolute Gasteiger partial charge is 0.456 e. The molecule has 0 aromatic heterocycles. The molecule has 0 bridgehead atoms. The first kappa shape index (κ1) is 15.5. The van der Waals surface area contributed by atoms with E-state index in [0.29, 0.717) is 0 Å². The second-order valence-corrected chi connectivity index (χ2v) is 6.43. The Morgan fingerprint density at radius 2 is 1.85 bits per heavy atom. The number of halogens is 2. The minimum absolute atomic E-state index is 0.151. The molecule has 2 nitrogen and oxygen atoms in total. The quantitative estimate of drug-likeness (QED) is 0.743. The molecule has 0 amide bonds. The van der Waals surface area contributed by atoms with Gasteiger partial charge in [0, 0.05) is 10.5 Å². The molecule has 2 N–H and O–H groups in total. The summed E-state index contributed by atoms with van der Waals surface area (Å²) in [5.74, 6) is 1.65. The fourth-order valence-corrected chi connectivity index (χ4v) is 2.57. The molecule has 2 aromatic carbocycles. The molecule has 0 spiro atoms. The predicted octanol–water partition coefficient (Wildman–Crippen LogP) is 5.28. The first-order chi connectivity index (χ1) is 9.60. The van der Waals surface area contributed by atoms with E-state index in [4.69, 9.17) is 10.5 Å². The van der Waals surface area contributed by atoms with E-state index in [-0.39, 0.29) is 6.04 Å². The van der Waals surface area contributed by atoms with Gasteiger partial charge in [0.2, 0.25) is 0 Å². The summed E-state index contributed by atoms with van der Waals surface area (Å²) in [5, 5.41) is 0. The number of benzene rings is 2. The van der Waals surface area contributed by atoms with Crippen molar-refractivity contribution in [2.75, 3.05) is 0 Å². The van der Waals surface area contributed by atoms with Gasteiger partial charge < -0.3 is 10.5 Å². The van der Waals surface area contributed by atoms with E-state index in [2.05, 4.69) is 44.8 Å². The Kier molecular flexibility index (Phi) is 5.64. The van der Waals surface area contributed by atoms with Crippen molar-refractivity contribution in [1.29, 1.82) is 0 Å². The zero-order valence-electron chi connectivity index (χ0n) is 11.3. The molecule has 0 saturated heterocycles. The van der Waals surface area contributed by atoms with Gasteiger partial charge in [-0.05, 0) is 58.6 Å². The van der Waals surface area contributed by atoms with Gasteiger partial charge in [0.1, 0.15) is 11.5 Å². The molecular weight excluding hydrogens is 382 g/mol. The summed E-state index contributed by atoms with van der Waals surface area (Å²) in [6.45, 7) is 2.10. The van der Waals surface area contributed by atoms with Crippen LogP contribution in [0.3, 0.4) is 0 Å². The second kappa shape index (κ2) is 7.25. The van der Waals surface area contributed by atoms with Crippen molar-refractivity contribution in [3.05, 3.63) is 57.0 Å². The average molecular weight is 399 g/mol. The van der Waals surface area contributed by atoms with E-state index in [9.17, 15) is 0 Å². The predicted molar refractivity (Wildman–Crippen MR) is 90.3 cm³/mol. The Morgan fingerprint density at radius 3 is 2.55 bits per heavy atom. The summed E-state index contributed by atoms with van der Waals surface area (Å²) < 4.78 is 7.96. The molecule has 0 aliphatic carbocycles. The Morgan fingerprint density at radius 1 is 1.10 bits per heavy atom. The molecule has 0 heterocycles. The first-order valence-corrected chi connectivity index (χ1v) is 8.15. The van der Waals surface area contributed by atoms with Crippen molar-refractivity contribution in [3.63, 3.8) is 0 Å². The van der Waals surface area contributed by atoms with Crippen LogP contribution in [0.1, 0.15) is 18.9 Å². The van der Waals surface area contributed by atoms with Crippen LogP contribution in [0.5, 0.6) is 11.5 Å². The van der Waals surface area contributed by atoms with E-state index >= 15 is 0 Å². The summed E-state index contributed by atoms with van der Waals surface area (Å²) in [5.41, 5.74) is 7.18. The van der Waals surface area contributed by atoms with Crippen molar-refractivity contribution in [2.24, 2.45) is 5.73 Å². The van der Waals surface area contributed by atoms with E-state index in [1.807, 2.05) is 36.4 Å². The number of nitrogens with two attached hydrogens (primary N) is 1. The van der Waals surface area contributed by atoms with E-state index in [0.717, 1.165) is 38.8 Å². The average Bonchev–Trinajstić information content (AvgIpc) is 2.44. The van der Waals surface area contributed by atoms with Gasteiger partial charge in [0.25, 0.3) is 0 Å². The smallest absolute Gasteiger partial charge is 0.141 e.